The van der Waals surface area contributed by atoms with Gasteiger partial charge in [-0.25, -0.2) is 9.59 Å². The summed E-state index contributed by atoms with van der Waals surface area (Å²) in [7, 11) is 0. The Kier molecular flexibility index (Phi) is 9.18. The number of halogens is 1. The first-order valence-corrected chi connectivity index (χ1v) is 10.7. The van der Waals surface area contributed by atoms with Crippen LogP contribution in [0.15, 0.2) is 40.9 Å². The highest BCUT2D eigenvalue weighted by molar-refractivity contribution is 9.10. The zero-order valence-corrected chi connectivity index (χ0v) is 21.0. The molecule has 0 heterocycles. The fourth-order valence-corrected chi connectivity index (χ4v) is 2.99. The lowest BCUT2D eigenvalue weighted by Crippen LogP contribution is -2.24. The lowest BCUT2D eigenvalue weighted by molar-refractivity contribution is 0.00560. The standard InChI is InChI=1S/C13H16O3.C12H15BrO2/c1-9-7-10(8-14)5-6-11(9)12(15)16-13(2,3)4;1-8-7-9(13)5-6-10(8)11(14)15-12(2,3)4/h5-8H,1-4H3;5-7H,1-4H3. The van der Waals surface area contributed by atoms with Crippen LogP contribution in [0, 0.1) is 13.8 Å². The molecule has 0 aromatic heterocycles. The van der Waals surface area contributed by atoms with Gasteiger partial charge in [-0.15, -0.1) is 0 Å². The molecule has 0 unspecified atom stereocenters. The monoisotopic (exact) mass is 490 g/mol. The van der Waals surface area contributed by atoms with Crippen LogP contribution in [0.4, 0.5) is 0 Å². The molecule has 0 spiro atoms. The van der Waals surface area contributed by atoms with Gasteiger partial charge >= 0.3 is 11.9 Å². The summed E-state index contributed by atoms with van der Waals surface area (Å²) in [5.41, 5.74) is 2.39. The maximum Gasteiger partial charge on any atom is 0.338 e. The Morgan fingerprint density at radius 1 is 0.774 bits per heavy atom. The molecule has 0 radical (unpaired) electrons. The van der Waals surface area contributed by atoms with Gasteiger partial charge < -0.3 is 9.47 Å². The van der Waals surface area contributed by atoms with Gasteiger partial charge in [-0.1, -0.05) is 22.0 Å². The molecule has 0 fully saturated rings. The van der Waals surface area contributed by atoms with Crippen molar-refractivity contribution in [1.82, 2.24) is 0 Å². The van der Waals surface area contributed by atoms with Gasteiger partial charge in [0, 0.05) is 10.0 Å². The minimum Gasteiger partial charge on any atom is -0.456 e. The number of aldehydes is 1. The summed E-state index contributed by atoms with van der Waals surface area (Å²) >= 11 is 3.35. The van der Waals surface area contributed by atoms with E-state index in [1.54, 1.807) is 31.2 Å². The quantitative estimate of drug-likeness (QED) is 0.363. The van der Waals surface area contributed by atoms with Crippen molar-refractivity contribution < 1.29 is 23.9 Å². The number of carbonyl (C=O) groups excluding carboxylic acids is 3. The third kappa shape index (κ3) is 9.47. The molecule has 0 atom stereocenters. The highest BCUT2D eigenvalue weighted by Crippen LogP contribution is 2.19. The fraction of sp³-hybridized carbons (Fsp3) is 0.400. The number of aryl methyl sites for hydroxylation is 2. The largest absolute Gasteiger partial charge is 0.456 e. The van der Waals surface area contributed by atoms with Crippen LogP contribution in [0.2, 0.25) is 0 Å². The molecule has 0 aliphatic carbocycles. The molecule has 5 nitrogen and oxygen atoms in total. The molecule has 31 heavy (non-hydrogen) atoms. The topological polar surface area (TPSA) is 69.7 Å². The Morgan fingerprint density at radius 2 is 1.19 bits per heavy atom. The van der Waals surface area contributed by atoms with Crippen LogP contribution in [-0.2, 0) is 9.47 Å². The SMILES string of the molecule is Cc1cc(Br)ccc1C(=O)OC(C)(C)C.Cc1cc(C=O)ccc1C(=O)OC(C)(C)C. The molecular formula is C25H31BrO5. The Balaban J connectivity index is 0.000000311. The molecule has 0 aliphatic rings. The fourth-order valence-electron chi connectivity index (χ4n) is 2.51. The summed E-state index contributed by atoms with van der Waals surface area (Å²) in [6.07, 6.45) is 0.756. The summed E-state index contributed by atoms with van der Waals surface area (Å²) in [5.74, 6) is -0.630. The van der Waals surface area contributed by atoms with Gasteiger partial charge in [-0.3, -0.25) is 4.79 Å². The van der Waals surface area contributed by atoms with E-state index < -0.39 is 11.2 Å². The van der Waals surface area contributed by atoms with Crippen molar-refractivity contribution in [2.75, 3.05) is 0 Å². The van der Waals surface area contributed by atoms with Crippen molar-refractivity contribution in [2.24, 2.45) is 0 Å². The van der Waals surface area contributed by atoms with Crippen molar-refractivity contribution in [3.05, 3.63) is 68.7 Å². The maximum absolute atomic E-state index is 11.8. The van der Waals surface area contributed by atoms with Crippen molar-refractivity contribution in [3.63, 3.8) is 0 Å². The first-order valence-electron chi connectivity index (χ1n) is 9.91. The molecule has 2 rings (SSSR count). The Morgan fingerprint density at radius 3 is 1.55 bits per heavy atom. The van der Waals surface area contributed by atoms with Crippen LogP contribution in [0.1, 0.15) is 83.7 Å². The predicted octanol–water partition coefficient (Wildman–Crippen LogP) is 6.48. The van der Waals surface area contributed by atoms with E-state index in [1.807, 2.05) is 60.6 Å². The number of hydrogen-bond acceptors (Lipinski definition) is 5. The van der Waals surface area contributed by atoms with E-state index in [1.165, 1.54) is 0 Å². The average molecular weight is 491 g/mol. The molecule has 0 amide bonds. The Hall–Kier alpha value is -2.47. The molecule has 6 heteroatoms. The van der Waals surface area contributed by atoms with Gasteiger partial charge in [0.2, 0.25) is 0 Å². The van der Waals surface area contributed by atoms with E-state index in [4.69, 9.17) is 9.47 Å². The molecule has 168 valence electrons. The Labute approximate surface area is 193 Å². The van der Waals surface area contributed by atoms with E-state index in [2.05, 4.69) is 15.9 Å². The number of esters is 2. The molecule has 0 N–H and O–H groups in total. The summed E-state index contributed by atoms with van der Waals surface area (Å²) < 4.78 is 11.5. The highest BCUT2D eigenvalue weighted by atomic mass is 79.9. The minimum atomic E-state index is -0.507. The second kappa shape index (κ2) is 10.7. The van der Waals surface area contributed by atoms with Crippen molar-refractivity contribution in [3.8, 4) is 0 Å². The zero-order chi connectivity index (χ0) is 24.0. The van der Waals surface area contributed by atoms with Gasteiger partial charge in [0.1, 0.15) is 17.5 Å². The lowest BCUT2D eigenvalue weighted by atomic mass is 10.1. The van der Waals surface area contributed by atoms with Crippen molar-refractivity contribution in [2.45, 2.75) is 66.6 Å². The first-order chi connectivity index (χ1) is 14.1. The molecule has 2 aromatic rings. The predicted molar refractivity (Wildman–Crippen MR) is 126 cm³/mol. The van der Waals surface area contributed by atoms with Crippen molar-refractivity contribution >= 4 is 34.2 Å². The van der Waals surface area contributed by atoms with E-state index >= 15 is 0 Å². The van der Waals surface area contributed by atoms with E-state index in [9.17, 15) is 14.4 Å². The number of ether oxygens (including phenoxy) is 2. The van der Waals surface area contributed by atoms with Crippen LogP contribution < -0.4 is 0 Å². The molecule has 0 saturated heterocycles. The lowest BCUT2D eigenvalue weighted by Gasteiger charge is -2.20. The number of rotatable bonds is 3. The van der Waals surface area contributed by atoms with E-state index in [0.717, 1.165) is 21.9 Å². The second-order valence-corrected chi connectivity index (χ2v) is 10.1. The van der Waals surface area contributed by atoms with Gasteiger partial charge in [-0.2, -0.15) is 0 Å². The third-order valence-corrected chi connectivity index (χ3v) is 4.31. The smallest absolute Gasteiger partial charge is 0.338 e. The Bertz CT molecular complexity index is 949. The van der Waals surface area contributed by atoms with Gasteiger partial charge in [0.15, 0.2) is 0 Å². The van der Waals surface area contributed by atoms with Gasteiger partial charge in [0.25, 0.3) is 0 Å². The molecule has 2 aromatic carbocycles. The summed E-state index contributed by atoms with van der Waals surface area (Å²) in [4.78, 5) is 34.1. The summed E-state index contributed by atoms with van der Waals surface area (Å²) in [5, 5.41) is 0. The third-order valence-electron chi connectivity index (χ3n) is 3.81. The van der Waals surface area contributed by atoms with Crippen LogP contribution in [0.3, 0.4) is 0 Å². The average Bonchev–Trinajstić information content (AvgIpc) is 2.58. The number of benzene rings is 2. The number of carbonyl (C=O) groups is 3. The van der Waals surface area contributed by atoms with E-state index in [-0.39, 0.29) is 11.9 Å². The molecular weight excluding hydrogens is 460 g/mol. The second-order valence-electron chi connectivity index (χ2n) is 9.16. The van der Waals surface area contributed by atoms with Gasteiger partial charge in [0.05, 0.1) is 11.1 Å². The number of hydrogen-bond donors (Lipinski definition) is 0. The van der Waals surface area contributed by atoms with Crippen LogP contribution >= 0.6 is 15.9 Å². The van der Waals surface area contributed by atoms with Crippen LogP contribution in [0.25, 0.3) is 0 Å². The highest BCUT2D eigenvalue weighted by Gasteiger charge is 2.20. The molecule has 0 aliphatic heterocycles. The normalized spacial score (nSPS) is 11.1. The van der Waals surface area contributed by atoms with Crippen LogP contribution in [-0.4, -0.2) is 29.4 Å². The minimum absolute atomic E-state index is 0.271. The van der Waals surface area contributed by atoms with Crippen molar-refractivity contribution in [1.29, 1.82) is 0 Å². The summed E-state index contributed by atoms with van der Waals surface area (Å²) in [6.45, 7) is 14.7. The van der Waals surface area contributed by atoms with E-state index in [0.29, 0.717) is 16.7 Å². The zero-order valence-electron chi connectivity index (χ0n) is 19.5. The van der Waals surface area contributed by atoms with Gasteiger partial charge in [-0.05, 0) is 96.8 Å². The first kappa shape index (κ1) is 26.6. The molecule has 0 saturated carbocycles. The van der Waals surface area contributed by atoms with Crippen LogP contribution in [0.5, 0.6) is 0 Å². The maximum atomic E-state index is 11.8. The summed E-state index contributed by atoms with van der Waals surface area (Å²) in [6, 6.07) is 10.4. The molecule has 0 bridgehead atoms.